The fourth-order valence-corrected chi connectivity index (χ4v) is 5.34. The summed E-state index contributed by atoms with van der Waals surface area (Å²) >= 11 is 12.6. The van der Waals surface area contributed by atoms with Gasteiger partial charge >= 0.3 is 0 Å². The average molecular weight is 470 g/mol. The molecule has 1 fully saturated rings. The predicted octanol–water partition coefficient (Wildman–Crippen LogP) is 6.47. The second kappa shape index (κ2) is 8.87. The fraction of sp³-hybridized carbons (Fsp3) is 0.400. The van der Waals surface area contributed by atoms with E-state index in [4.69, 9.17) is 28.2 Å². The minimum atomic E-state index is -0.192. The van der Waals surface area contributed by atoms with Crippen molar-refractivity contribution in [2.24, 2.45) is 0 Å². The molecule has 0 bridgehead atoms. The third-order valence-electron chi connectivity index (χ3n) is 6.68. The van der Waals surface area contributed by atoms with Crippen molar-refractivity contribution >= 4 is 46.0 Å². The molecule has 0 spiro atoms. The first-order chi connectivity index (χ1) is 15.5. The van der Waals surface area contributed by atoms with Crippen LogP contribution < -0.4 is 0 Å². The van der Waals surface area contributed by atoms with Gasteiger partial charge in [-0.2, -0.15) is 0 Å². The first-order valence-electron chi connectivity index (χ1n) is 11.3. The predicted molar refractivity (Wildman–Crippen MR) is 127 cm³/mol. The third-order valence-corrected chi connectivity index (χ3v) is 7.40. The zero-order valence-electron chi connectivity index (χ0n) is 17.8. The standard InChI is InChI=1S/C25H25Cl2N3O2/c26-19-14-21-22(15-20(19)27)29(23(28-21)16-8-2-1-3-9-16)12-6-7-13-30-24(31)17-10-4-5-11-18(17)25(30)32/h4-5,10-11,14-16H,1-3,6-9,12-13H2. The van der Waals surface area contributed by atoms with E-state index >= 15 is 0 Å². The van der Waals surface area contributed by atoms with Crippen LogP contribution in [0.1, 0.15) is 77.4 Å². The van der Waals surface area contributed by atoms with Gasteiger partial charge in [0.2, 0.25) is 0 Å². The smallest absolute Gasteiger partial charge is 0.261 e. The lowest BCUT2D eigenvalue weighted by molar-refractivity contribution is 0.0651. The van der Waals surface area contributed by atoms with E-state index in [1.165, 1.54) is 24.2 Å². The number of hydrogen-bond acceptors (Lipinski definition) is 3. The van der Waals surface area contributed by atoms with Gasteiger partial charge in [-0.05, 0) is 49.9 Å². The molecular formula is C25H25Cl2N3O2. The Labute approximate surface area is 197 Å². The molecule has 1 aliphatic carbocycles. The third kappa shape index (κ3) is 3.82. The van der Waals surface area contributed by atoms with Crippen LogP contribution in [0.2, 0.25) is 10.0 Å². The Hall–Kier alpha value is -2.37. The van der Waals surface area contributed by atoms with Crippen molar-refractivity contribution in [1.29, 1.82) is 0 Å². The van der Waals surface area contributed by atoms with E-state index in [2.05, 4.69) is 4.57 Å². The summed E-state index contributed by atoms with van der Waals surface area (Å²) in [5.74, 6) is 1.18. The van der Waals surface area contributed by atoms with Gasteiger partial charge in [-0.15, -0.1) is 0 Å². The quantitative estimate of drug-likeness (QED) is 0.307. The summed E-state index contributed by atoms with van der Waals surface area (Å²) in [7, 11) is 0. The number of nitrogens with zero attached hydrogens (tertiary/aromatic N) is 3. The summed E-state index contributed by atoms with van der Waals surface area (Å²) in [5, 5.41) is 1.05. The highest BCUT2D eigenvalue weighted by Gasteiger charge is 2.34. The van der Waals surface area contributed by atoms with E-state index in [-0.39, 0.29) is 11.8 Å². The summed E-state index contributed by atoms with van der Waals surface area (Å²) in [4.78, 5) is 31.5. The first kappa shape index (κ1) is 21.5. The van der Waals surface area contributed by atoms with Crippen LogP contribution in [-0.4, -0.2) is 32.8 Å². The van der Waals surface area contributed by atoms with E-state index in [0.29, 0.717) is 33.6 Å². The number of benzene rings is 2. The number of imide groups is 1. The molecule has 166 valence electrons. The molecule has 5 nitrogen and oxygen atoms in total. The van der Waals surface area contributed by atoms with Crippen molar-refractivity contribution < 1.29 is 9.59 Å². The lowest BCUT2D eigenvalue weighted by Crippen LogP contribution is -2.30. The van der Waals surface area contributed by atoms with E-state index < -0.39 is 0 Å². The van der Waals surface area contributed by atoms with Crippen molar-refractivity contribution in [3.8, 4) is 0 Å². The van der Waals surface area contributed by atoms with Gasteiger partial charge in [0.25, 0.3) is 11.8 Å². The molecule has 1 aliphatic heterocycles. The van der Waals surface area contributed by atoms with Crippen molar-refractivity contribution in [2.45, 2.75) is 57.4 Å². The van der Waals surface area contributed by atoms with Crippen LogP contribution >= 0.6 is 23.2 Å². The number of halogens is 2. The average Bonchev–Trinajstić information content (AvgIpc) is 3.27. The van der Waals surface area contributed by atoms with Crippen molar-refractivity contribution in [2.75, 3.05) is 6.54 Å². The Morgan fingerprint density at radius 2 is 1.50 bits per heavy atom. The van der Waals surface area contributed by atoms with Crippen molar-refractivity contribution in [1.82, 2.24) is 14.5 Å². The van der Waals surface area contributed by atoms with Crippen LogP contribution in [0.4, 0.5) is 0 Å². The minimum absolute atomic E-state index is 0.192. The Kier molecular flexibility index (Phi) is 5.95. The number of unbranched alkanes of at least 4 members (excludes halogenated alkanes) is 1. The molecule has 0 unspecified atom stereocenters. The van der Waals surface area contributed by atoms with Crippen molar-refractivity contribution in [3.63, 3.8) is 0 Å². The summed E-state index contributed by atoms with van der Waals surface area (Å²) in [6.07, 6.45) is 7.62. The Bertz CT molecular complexity index is 1160. The Morgan fingerprint density at radius 1 is 0.875 bits per heavy atom. The van der Waals surface area contributed by atoms with Gasteiger partial charge in [-0.1, -0.05) is 54.6 Å². The van der Waals surface area contributed by atoms with E-state index in [9.17, 15) is 9.59 Å². The maximum atomic E-state index is 12.6. The molecule has 0 radical (unpaired) electrons. The topological polar surface area (TPSA) is 55.2 Å². The highest BCUT2D eigenvalue weighted by Crippen LogP contribution is 2.36. The Morgan fingerprint density at radius 3 is 2.19 bits per heavy atom. The molecule has 1 aromatic heterocycles. The largest absolute Gasteiger partial charge is 0.328 e. The summed E-state index contributed by atoms with van der Waals surface area (Å²) < 4.78 is 2.27. The van der Waals surface area contributed by atoms with Gasteiger partial charge in [0, 0.05) is 19.0 Å². The SMILES string of the molecule is O=C1c2ccccc2C(=O)N1CCCCn1c(C2CCCCC2)nc2cc(Cl)c(Cl)cc21. The van der Waals surface area contributed by atoms with E-state index in [0.717, 1.165) is 49.1 Å². The Balaban J connectivity index is 1.32. The van der Waals surface area contributed by atoms with E-state index in [1.54, 1.807) is 24.3 Å². The number of carbonyl (C=O) groups is 2. The minimum Gasteiger partial charge on any atom is -0.328 e. The lowest BCUT2D eigenvalue weighted by atomic mass is 9.88. The molecule has 0 N–H and O–H groups in total. The molecule has 2 heterocycles. The van der Waals surface area contributed by atoms with Crippen LogP contribution in [0.15, 0.2) is 36.4 Å². The monoisotopic (exact) mass is 469 g/mol. The van der Waals surface area contributed by atoms with Crippen molar-refractivity contribution in [3.05, 3.63) is 63.4 Å². The van der Waals surface area contributed by atoms with Gasteiger partial charge in [0.1, 0.15) is 5.82 Å². The molecule has 2 aliphatic rings. The highest BCUT2D eigenvalue weighted by molar-refractivity contribution is 6.42. The maximum Gasteiger partial charge on any atom is 0.261 e. The van der Waals surface area contributed by atoms with Gasteiger partial charge in [0.15, 0.2) is 0 Å². The molecule has 1 saturated carbocycles. The number of rotatable bonds is 6. The summed E-state index contributed by atoms with van der Waals surface area (Å²) in [5.41, 5.74) is 2.88. The second-order valence-electron chi connectivity index (χ2n) is 8.73. The van der Waals surface area contributed by atoms with Crippen LogP contribution in [-0.2, 0) is 6.54 Å². The summed E-state index contributed by atoms with van der Waals surface area (Å²) in [6.45, 7) is 1.19. The fourth-order valence-electron chi connectivity index (χ4n) is 5.03. The van der Waals surface area contributed by atoms with Gasteiger partial charge in [0.05, 0.1) is 32.2 Å². The van der Waals surface area contributed by atoms with Gasteiger partial charge in [-0.3, -0.25) is 14.5 Å². The lowest BCUT2D eigenvalue weighted by Gasteiger charge is -2.22. The van der Waals surface area contributed by atoms with Crippen LogP contribution in [0.3, 0.4) is 0 Å². The zero-order chi connectivity index (χ0) is 22.2. The number of aromatic nitrogens is 2. The van der Waals surface area contributed by atoms with Crippen LogP contribution in [0.5, 0.6) is 0 Å². The number of imidazole rings is 1. The molecule has 5 rings (SSSR count). The zero-order valence-corrected chi connectivity index (χ0v) is 19.3. The molecule has 32 heavy (non-hydrogen) atoms. The summed E-state index contributed by atoms with van der Waals surface area (Å²) in [6, 6.07) is 10.8. The number of amides is 2. The second-order valence-corrected chi connectivity index (χ2v) is 9.54. The molecule has 7 heteroatoms. The highest BCUT2D eigenvalue weighted by atomic mass is 35.5. The van der Waals surface area contributed by atoms with Crippen LogP contribution in [0, 0.1) is 0 Å². The number of carbonyl (C=O) groups excluding carboxylic acids is 2. The number of fused-ring (bicyclic) bond motifs is 2. The maximum absolute atomic E-state index is 12.6. The first-order valence-corrected chi connectivity index (χ1v) is 12.1. The number of hydrogen-bond donors (Lipinski definition) is 0. The molecule has 2 amide bonds. The molecule has 0 saturated heterocycles. The molecule has 3 aromatic rings. The van der Waals surface area contributed by atoms with E-state index in [1.807, 2.05) is 12.1 Å². The van der Waals surface area contributed by atoms with Gasteiger partial charge < -0.3 is 4.57 Å². The van der Waals surface area contributed by atoms with Gasteiger partial charge in [-0.25, -0.2) is 4.98 Å². The molecular weight excluding hydrogens is 445 g/mol. The number of aryl methyl sites for hydroxylation is 1. The molecule has 0 atom stereocenters. The van der Waals surface area contributed by atoms with Crippen LogP contribution in [0.25, 0.3) is 11.0 Å². The normalized spacial score (nSPS) is 16.9. The molecule has 2 aromatic carbocycles.